The summed E-state index contributed by atoms with van der Waals surface area (Å²) < 4.78 is 11.6. The fourth-order valence-corrected chi connectivity index (χ4v) is 4.74. The normalized spacial score (nSPS) is 27.3. The van der Waals surface area contributed by atoms with Gasteiger partial charge in [-0.3, -0.25) is 0 Å². The lowest BCUT2D eigenvalue weighted by Gasteiger charge is -2.58. The molecule has 1 aliphatic heterocycles. The molecule has 0 saturated heterocycles. The molecule has 2 aliphatic rings. The highest BCUT2D eigenvalue weighted by molar-refractivity contribution is 5.84. The number of benzene rings is 2. The molecule has 0 spiro atoms. The molecule has 0 amide bonds. The number of carbonyl (C=O) groups is 1. The maximum atomic E-state index is 12.3. The monoisotopic (exact) mass is 396 g/mol. The molecule has 1 fully saturated rings. The average Bonchev–Trinajstić information content (AvgIpc) is 2.76. The first-order valence-corrected chi connectivity index (χ1v) is 9.98. The van der Waals surface area contributed by atoms with Crippen molar-refractivity contribution >= 4 is 12.0 Å². The fourth-order valence-electron chi connectivity index (χ4n) is 4.74. The van der Waals surface area contributed by atoms with E-state index in [1.807, 2.05) is 66.8 Å². The lowest BCUT2D eigenvalue weighted by atomic mass is 9.49. The molecule has 5 rings (SSSR count). The van der Waals surface area contributed by atoms with E-state index < -0.39 is 17.2 Å². The second kappa shape index (κ2) is 7.30. The van der Waals surface area contributed by atoms with Gasteiger partial charge in [0.1, 0.15) is 11.4 Å². The van der Waals surface area contributed by atoms with E-state index in [4.69, 9.17) is 9.15 Å². The van der Waals surface area contributed by atoms with Gasteiger partial charge in [0, 0.05) is 24.0 Å². The first-order chi connectivity index (χ1) is 14.7. The van der Waals surface area contributed by atoms with Crippen molar-refractivity contribution in [1.82, 2.24) is 0 Å². The van der Waals surface area contributed by atoms with Gasteiger partial charge in [0.15, 0.2) is 0 Å². The second-order valence-corrected chi connectivity index (χ2v) is 7.67. The minimum Gasteiger partial charge on any atom is -0.450 e. The van der Waals surface area contributed by atoms with Gasteiger partial charge in [-0.25, -0.2) is 9.59 Å². The number of fused-ring (bicyclic) bond motifs is 1. The van der Waals surface area contributed by atoms with Crippen LogP contribution in [0, 0.1) is 5.92 Å². The number of rotatable bonds is 4. The average molecular weight is 396 g/mol. The Labute approximate surface area is 174 Å². The zero-order valence-electron chi connectivity index (χ0n) is 16.2. The molecule has 4 nitrogen and oxygen atoms in total. The molecule has 3 aromatic rings. The summed E-state index contributed by atoms with van der Waals surface area (Å²) in [4.78, 5) is 24.3. The zero-order chi connectivity index (χ0) is 20.6. The van der Waals surface area contributed by atoms with Crippen LogP contribution in [-0.4, -0.2) is 11.6 Å². The highest BCUT2D eigenvalue weighted by Gasteiger charge is 2.65. The van der Waals surface area contributed by atoms with Gasteiger partial charge in [0.2, 0.25) is 0 Å². The molecule has 1 saturated carbocycles. The minimum absolute atomic E-state index is 0.0153. The highest BCUT2D eigenvalue weighted by Crippen LogP contribution is 2.64. The lowest BCUT2D eigenvalue weighted by molar-refractivity contribution is -0.175. The van der Waals surface area contributed by atoms with Crippen LogP contribution in [0.1, 0.15) is 28.7 Å². The molecular weight excluding hydrogens is 376 g/mol. The van der Waals surface area contributed by atoms with Gasteiger partial charge in [-0.15, -0.1) is 0 Å². The molecule has 4 heteroatoms. The summed E-state index contributed by atoms with van der Waals surface area (Å²) in [5.41, 5.74) is 0.792. The van der Waals surface area contributed by atoms with E-state index >= 15 is 0 Å². The summed E-state index contributed by atoms with van der Waals surface area (Å²) in [6.45, 7) is 0. The van der Waals surface area contributed by atoms with Crippen molar-refractivity contribution in [3.8, 4) is 0 Å². The topological polar surface area (TPSA) is 56.5 Å². The molecule has 4 atom stereocenters. The third-order valence-corrected chi connectivity index (χ3v) is 6.01. The Hall–Kier alpha value is -3.66. The van der Waals surface area contributed by atoms with Crippen LogP contribution < -0.4 is 5.63 Å². The maximum absolute atomic E-state index is 12.3. The highest BCUT2D eigenvalue weighted by atomic mass is 16.6. The van der Waals surface area contributed by atoms with Crippen molar-refractivity contribution in [3.63, 3.8) is 0 Å². The third kappa shape index (κ3) is 3.01. The first-order valence-electron chi connectivity index (χ1n) is 9.98. The molecule has 30 heavy (non-hydrogen) atoms. The molecule has 2 heterocycles. The van der Waals surface area contributed by atoms with Crippen LogP contribution in [0.15, 0.2) is 106 Å². The number of esters is 1. The molecule has 0 unspecified atom stereocenters. The Kier molecular flexibility index (Phi) is 4.47. The molecule has 0 N–H and O–H groups in total. The van der Waals surface area contributed by atoms with Gasteiger partial charge in [-0.2, -0.15) is 0 Å². The standard InChI is InChI=1S/C26H20O4/c27-22-13-7-12-21(29-22)25-24(19-10-5-2-6-11-19)20-14-15-23(28)30-26(20,25)17-16-18-8-3-1-4-9-18/h1-17,20,24-25H/b17-16+/t20-,24+,25-,26-/m1/s1. The Bertz CT molecular complexity index is 1180. The summed E-state index contributed by atoms with van der Waals surface area (Å²) >= 11 is 0. The van der Waals surface area contributed by atoms with Crippen LogP contribution in [0.25, 0.3) is 6.08 Å². The first kappa shape index (κ1) is 18.4. The molecule has 148 valence electrons. The van der Waals surface area contributed by atoms with Crippen LogP contribution in [0.3, 0.4) is 0 Å². The fraction of sp³-hybridized carbons (Fsp3) is 0.154. The van der Waals surface area contributed by atoms with Crippen LogP contribution in [0.2, 0.25) is 0 Å². The van der Waals surface area contributed by atoms with E-state index in [-0.39, 0.29) is 17.8 Å². The van der Waals surface area contributed by atoms with Gasteiger partial charge in [-0.1, -0.05) is 78.9 Å². The Balaban J connectivity index is 1.66. The minimum atomic E-state index is -0.917. The molecular formula is C26H20O4. The summed E-state index contributed by atoms with van der Waals surface area (Å²) in [6.07, 6.45) is 7.34. The lowest BCUT2D eigenvalue weighted by Crippen LogP contribution is -2.61. The molecule has 0 radical (unpaired) electrons. The van der Waals surface area contributed by atoms with Crippen molar-refractivity contribution in [1.29, 1.82) is 0 Å². The number of carbonyl (C=O) groups excluding carboxylic acids is 1. The molecule has 0 bridgehead atoms. The smallest absolute Gasteiger partial charge is 0.335 e. The van der Waals surface area contributed by atoms with E-state index in [1.54, 1.807) is 12.1 Å². The molecule has 1 aliphatic carbocycles. The van der Waals surface area contributed by atoms with Crippen LogP contribution in [0.4, 0.5) is 0 Å². The van der Waals surface area contributed by atoms with Gasteiger partial charge in [0.25, 0.3) is 0 Å². The van der Waals surface area contributed by atoms with E-state index in [0.717, 1.165) is 11.1 Å². The van der Waals surface area contributed by atoms with Gasteiger partial charge in [0.05, 0.1) is 5.92 Å². The SMILES string of the molecule is O=C1C=C[C@@H]2[C@H](c3ccccc3)[C@@H](c3cccc(=O)o3)[C@]2(/C=C/c2ccccc2)O1. The quantitative estimate of drug-likeness (QED) is 0.600. The van der Waals surface area contributed by atoms with E-state index in [2.05, 4.69) is 12.1 Å². The Morgan fingerprint density at radius 1 is 0.833 bits per heavy atom. The van der Waals surface area contributed by atoms with Crippen LogP contribution in [0.5, 0.6) is 0 Å². The number of ether oxygens (including phenoxy) is 1. The maximum Gasteiger partial charge on any atom is 0.335 e. The summed E-state index contributed by atoms with van der Waals surface area (Å²) in [7, 11) is 0. The number of hydrogen-bond acceptors (Lipinski definition) is 4. The van der Waals surface area contributed by atoms with E-state index in [1.165, 1.54) is 12.1 Å². The summed E-state index contributed by atoms with van der Waals surface area (Å²) in [6, 6.07) is 24.8. The Morgan fingerprint density at radius 2 is 1.57 bits per heavy atom. The van der Waals surface area contributed by atoms with Crippen molar-refractivity contribution < 1.29 is 13.9 Å². The van der Waals surface area contributed by atoms with Crippen molar-refractivity contribution in [2.75, 3.05) is 0 Å². The van der Waals surface area contributed by atoms with Crippen LogP contribution >= 0.6 is 0 Å². The number of hydrogen-bond donors (Lipinski definition) is 0. The van der Waals surface area contributed by atoms with Crippen molar-refractivity contribution in [3.05, 3.63) is 124 Å². The molecule has 1 aromatic heterocycles. The van der Waals surface area contributed by atoms with Crippen molar-refractivity contribution in [2.24, 2.45) is 5.92 Å². The van der Waals surface area contributed by atoms with Gasteiger partial charge in [-0.05, 0) is 23.3 Å². The predicted molar refractivity (Wildman–Crippen MR) is 114 cm³/mol. The Morgan fingerprint density at radius 3 is 2.30 bits per heavy atom. The molecule has 2 aromatic carbocycles. The third-order valence-electron chi connectivity index (χ3n) is 6.01. The zero-order valence-corrected chi connectivity index (χ0v) is 16.2. The van der Waals surface area contributed by atoms with E-state index in [9.17, 15) is 9.59 Å². The van der Waals surface area contributed by atoms with Crippen LogP contribution in [-0.2, 0) is 9.53 Å². The second-order valence-electron chi connectivity index (χ2n) is 7.67. The van der Waals surface area contributed by atoms with E-state index in [0.29, 0.717) is 5.76 Å². The van der Waals surface area contributed by atoms with Gasteiger partial charge >= 0.3 is 11.6 Å². The van der Waals surface area contributed by atoms with Crippen molar-refractivity contribution in [2.45, 2.75) is 17.4 Å². The summed E-state index contributed by atoms with van der Waals surface area (Å²) in [5.74, 6) is -0.227. The predicted octanol–water partition coefficient (Wildman–Crippen LogP) is 4.70. The van der Waals surface area contributed by atoms with Gasteiger partial charge < -0.3 is 9.15 Å². The summed E-state index contributed by atoms with van der Waals surface area (Å²) in [5, 5.41) is 0. The largest absolute Gasteiger partial charge is 0.450 e.